The van der Waals surface area contributed by atoms with E-state index in [4.69, 9.17) is 26.8 Å². The third-order valence-corrected chi connectivity index (χ3v) is 7.25. The topological polar surface area (TPSA) is 140 Å². The van der Waals surface area contributed by atoms with Gasteiger partial charge in [0.25, 0.3) is 0 Å². The summed E-state index contributed by atoms with van der Waals surface area (Å²) >= 11 is 5.92. The maximum Gasteiger partial charge on any atom is 0.408 e. The van der Waals surface area contributed by atoms with E-state index in [-0.39, 0.29) is 23.7 Å². The molecule has 38 heavy (non-hydrogen) atoms. The number of carboxylic acid groups (broad SMARTS) is 1. The van der Waals surface area contributed by atoms with E-state index >= 15 is 0 Å². The number of nitrogens with one attached hydrogen (secondary N) is 1. The number of halogens is 2. The Hall–Kier alpha value is -3.86. The van der Waals surface area contributed by atoms with Gasteiger partial charge in [0.05, 0.1) is 23.3 Å². The van der Waals surface area contributed by atoms with Crippen LogP contribution in [0.5, 0.6) is 11.5 Å². The molecule has 2 amide bonds. The first-order valence-corrected chi connectivity index (χ1v) is 12.3. The number of carbonyl (C=O) groups is 2. The maximum atomic E-state index is 14.6. The van der Waals surface area contributed by atoms with Gasteiger partial charge in [-0.05, 0) is 23.6 Å². The summed E-state index contributed by atoms with van der Waals surface area (Å²) < 4.78 is 26.4. The zero-order valence-electron chi connectivity index (χ0n) is 21.4. The third-order valence-electron chi connectivity index (χ3n) is 6.96. The molecule has 1 aliphatic rings. The number of rotatable bonds is 6. The number of amides is 2. The van der Waals surface area contributed by atoms with E-state index in [9.17, 15) is 19.1 Å². The number of fused-ring (bicyclic) bond motifs is 1. The van der Waals surface area contributed by atoms with E-state index in [2.05, 4.69) is 15.3 Å². The van der Waals surface area contributed by atoms with Gasteiger partial charge in [0.15, 0.2) is 17.3 Å². The number of carbonyl (C=O) groups excluding carboxylic acids is 1. The summed E-state index contributed by atoms with van der Waals surface area (Å²) in [7, 11) is 1.48. The molecule has 2 heterocycles. The predicted molar refractivity (Wildman–Crippen MR) is 141 cm³/mol. The van der Waals surface area contributed by atoms with Crippen molar-refractivity contribution >= 4 is 46.0 Å². The Balaban J connectivity index is 1.73. The van der Waals surface area contributed by atoms with Crippen LogP contribution in [-0.2, 0) is 4.79 Å². The lowest BCUT2D eigenvalue weighted by atomic mass is 9.66. The molecule has 2 atom stereocenters. The Kier molecular flexibility index (Phi) is 7.24. The molecule has 3 aromatic rings. The number of nitrogens with zero attached hydrogens (tertiary/aromatic N) is 3. The molecule has 1 saturated heterocycles. The van der Waals surface area contributed by atoms with Crippen LogP contribution < -0.4 is 20.5 Å². The molecular formula is C26H29ClFN5O5. The Morgan fingerprint density at radius 3 is 2.63 bits per heavy atom. The number of piperidine rings is 1. The predicted octanol–water partition coefficient (Wildman–Crippen LogP) is 4.97. The van der Waals surface area contributed by atoms with Crippen molar-refractivity contribution < 1.29 is 28.6 Å². The smallest absolute Gasteiger partial charge is 0.408 e. The number of likely N-dealkylation sites (tertiary alicyclic amines) is 1. The fourth-order valence-electron chi connectivity index (χ4n) is 5.00. The molecule has 202 valence electrons. The monoisotopic (exact) mass is 545 g/mol. The number of nitrogens with two attached hydrogens (primary N) is 1. The third kappa shape index (κ3) is 4.73. The Bertz CT molecular complexity index is 1400. The average molecular weight is 546 g/mol. The van der Waals surface area contributed by atoms with Crippen LogP contribution in [0.3, 0.4) is 0 Å². The molecule has 0 radical (unpaired) electrons. The largest absolute Gasteiger partial charge is 0.493 e. The molecule has 10 nitrogen and oxygen atoms in total. The maximum absolute atomic E-state index is 14.6. The van der Waals surface area contributed by atoms with Crippen molar-refractivity contribution in [3.63, 3.8) is 0 Å². The summed E-state index contributed by atoms with van der Waals surface area (Å²) in [5, 5.41) is 13.3. The summed E-state index contributed by atoms with van der Waals surface area (Å²) in [4.78, 5) is 34.5. The summed E-state index contributed by atoms with van der Waals surface area (Å²) in [5.41, 5.74) is 4.17. The standard InChI is InChI=1S/C26H29ClFN5O5/c1-25(2,3)26(23(29)34)12-14(8-9-33(26)24(35)36)38-20-10-15-18(11-19(20)37-4)30-13-31-22(15)32-17-7-5-6-16(27)21(17)28/h5-7,10-11,13-14H,8-9,12H2,1-4H3,(H2,29,34)(H,35,36)(H,30,31,32)/t14-,26+/m1/s1. The lowest BCUT2D eigenvalue weighted by Crippen LogP contribution is -2.70. The van der Waals surface area contributed by atoms with Gasteiger partial charge in [0.2, 0.25) is 5.91 Å². The van der Waals surface area contributed by atoms with Gasteiger partial charge in [-0.1, -0.05) is 38.4 Å². The van der Waals surface area contributed by atoms with Crippen molar-refractivity contribution in [2.45, 2.75) is 45.3 Å². The highest BCUT2D eigenvalue weighted by molar-refractivity contribution is 6.31. The first-order chi connectivity index (χ1) is 17.9. The molecular weight excluding hydrogens is 517 g/mol. The molecule has 4 N–H and O–H groups in total. The van der Waals surface area contributed by atoms with E-state index in [1.165, 1.54) is 25.6 Å². The fourth-order valence-corrected chi connectivity index (χ4v) is 5.18. The first kappa shape index (κ1) is 27.2. The van der Waals surface area contributed by atoms with Crippen molar-refractivity contribution in [1.29, 1.82) is 0 Å². The molecule has 1 aromatic heterocycles. The van der Waals surface area contributed by atoms with Crippen molar-refractivity contribution in [2.75, 3.05) is 19.0 Å². The first-order valence-electron chi connectivity index (χ1n) is 11.9. The Labute approximate surface area is 223 Å². The summed E-state index contributed by atoms with van der Waals surface area (Å²) in [6.07, 6.45) is -0.0810. The zero-order chi connectivity index (χ0) is 27.8. The summed E-state index contributed by atoms with van der Waals surface area (Å²) in [5.74, 6) is -0.358. The number of anilines is 2. The minimum absolute atomic E-state index is 0.0384. The average Bonchev–Trinajstić information content (AvgIpc) is 2.85. The SMILES string of the molecule is COc1cc2ncnc(Nc3cccc(Cl)c3F)c2cc1O[C@@H]1CCN(C(=O)O)[C@@](C(N)=O)(C(C)(C)C)C1. The van der Waals surface area contributed by atoms with E-state index < -0.39 is 34.9 Å². The van der Waals surface area contributed by atoms with Crippen LogP contribution in [0.25, 0.3) is 10.9 Å². The van der Waals surface area contributed by atoms with E-state index in [1.807, 2.05) is 0 Å². The second-order valence-corrected chi connectivity index (χ2v) is 10.5. The number of methoxy groups -OCH3 is 1. The van der Waals surface area contributed by atoms with Crippen LogP contribution in [-0.4, -0.2) is 57.3 Å². The molecule has 0 bridgehead atoms. The second kappa shape index (κ2) is 10.1. The van der Waals surface area contributed by atoms with Gasteiger partial charge in [0, 0.05) is 30.8 Å². The van der Waals surface area contributed by atoms with Crippen LogP contribution in [0.4, 0.5) is 20.7 Å². The highest BCUT2D eigenvalue weighted by Crippen LogP contribution is 2.45. The molecule has 4 rings (SSSR count). The summed E-state index contributed by atoms with van der Waals surface area (Å²) in [6.45, 7) is 5.38. The van der Waals surface area contributed by atoms with E-state index in [1.54, 1.807) is 39.0 Å². The number of primary amides is 1. The minimum atomic E-state index is -1.49. The molecule has 0 aliphatic carbocycles. The number of hydrogen-bond donors (Lipinski definition) is 3. The quantitative estimate of drug-likeness (QED) is 0.394. The molecule has 0 unspecified atom stereocenters. The van der Waals surface area contributed by atoms with Crippen LogP contribution >= 0.6 is 11.6 Å². The van der Waals surface area contributed by atoms with Crippen molar-refractivity contribution in [1.82, 2.24) is 14.9 Å². The number of benzene rings is 2. The lowest BCUT2D eigenvalue weighted by Gasteiger charge is -2.52. The molecule has 0 saturated carbocycles. The highest BCUT2D eigenvalue weighted by atomic mass is 35.5. The van der Waals surface area contributed by atoms with Gasteiger partial charge < -0.3 is 25.6 Å². The van der Waals surface area contributed by atoms with Crippen LogP contribution in [0, 0.1) is 11.2 Å². The molecule has 0 spiro atoms. The van der Waals surface area contributed by atoms with Gasteiger partial charge >= 0.3 is 6.09 Å². The van der Waals surface area contributed by atoms with Crippen molar-refractivity contribution in [3.8, 4) is 11.5 Å². The number of aromatic nitrogens is 2. The van der Waals surface area contributed by atoms with Gasteiger partial charge in [-0.3, -0.25) is 9.69 Å². The van der Waals surface area contributed by atoms with E-state index in [0.717, 1.165) is 4.90 Å². The number of hydrogen-bond acceptors (Lipinski definition) is 7. The van der Waals surface area contributed by atoms with Crippen LogP contribution in [0.15, 0.2) is 36.7 Å². The minimum Gasteiger partial charge on any atom is -0.493 e. The molecule has 2 aromatic carbocycles. The molecule has 12 heteroatoms. The van der Waals surface area contributed by atoms with Crippen molar-refractivity contribution in [3.05, 3.63) is 47.5 Å². The highest BCUT2D eigenvalue weighted by Gasteiger charge is 2.57. The van der Waals surface area contributed by atoms with Crippen molar-refractivity contribution in [2.24, 2.45) is 11.1 Å². The molecule has 1 aliphatic heterocycles. The normalized spacial score (nSPS) is 19.7. The van der Waals surface area contributed by atoms with Gasteiger partial charge in [-0.2, -0.15) is 0 Å². The second-order valence-electron chi connectivity index (χ2n) is 10.1. The van der Waals surface area contributed by atoms with E-state index in [0.29, 0.717) is 34.6 Å². The van der Waals surface area contributed by atoms with Gasteiger partial charge in [0.1, 0.15) is 23.8 Å². The Morgan fingerprint density at radius 2 is 2.00 bits per heavy atom. The molecule has 1 fully saturated rings. The van der Waals surface area contributed by atoms with Crippen LogP contribution in [0.1, 0.15) is 33.6 Å². The lowest BCUT2D eigenvalue weighted by molar-refractivity contribution is -0.144. The fraction of sp³-hybridized carbons (Fsp3) is 0.385. The Morgan fingerprint density at radius 1 is 1.26 bits per heavy atom. The number of ether oxygens (including phenoxy) is 2. The zero-order valence-corrected chi connectivity index (χ0v) is 22.2. The summed E-state index contributed by atoms with van der Waals surface area (Å²) in [6, 6.07) is 7.89. The van der Waals surface area contributed by atoms with Gasteiger partial charge in [-0.25, -0.2) is 19.2 Å². The van der Waals surface area contributed by atoms with Crippen LogP contribution in [0.2, 0.25) is 5.02 Å². The van der Waals surface area contributed by atoms with Gasteiger partial charge in [-0.15, -0.1) is 0 Å².